The van der Waals surface area contributed by atoms with Gasteiger partial charge in [0.25, 0.3) is 0 Å². The van der Waals surface area contributed by atoms with Crippen LogP contribution in [0.1, 0.15) is 0 Å². The van der Waals surface area contributed by atoms with Gasteiger partial charge in [0.15, 0.2) is 0 Å². The van der Waals surface area contributed by atoms with Crippen LogP contribution in [0.15, 0.2) is 182 Å². The molecule has 0 aliphatic heterocycles. The van der Waals surface area contributed by atoms with Crippen LogP contribution in [0.3, 0.4) is 0 Å². The van der Waals surface area contributed by atoms with E-state index < -0.39 is 0 Å². The number of pyridine rings is 4. The summed E-state index contributed by atoms with van der Waals surface area (Å²) in [5.74, 6) is 0. The zero-order chi connectivity index (χ0) is 35.6. The van der Waals surface area contributed by atoms with Crippen molar-refractivity contribution in [3.05, 3.63) is 182 Å². The van der Waals surface area contributed by atoms with Crippen LogP contribution >= 0.6 is 0 Å². The van der Waals surface area contributed by atoms with Crippen LogP contribution in [0.2, 0.25) is 0 Å². The van der Waals surface area contributed by atoms with E-state index >= 15 is 0 Å². The van der Waals surface area contributed by atoms with E-state index in [9.17, 15) is 0 Å². The van der Waals surface area contributed by atoms with Crippen LogP contribution in [-0.4, -0.2) is 19.9 Å². The maximum absolute atomic E-state index is 5.19. The standard InChI is InChI=1S/C50H30N4/c1-2-5-32(6-3-1)44-25-20-38(30-52-44)41-22-15-35-16-23-42-40(21-14-34-17-24-43(41)48(35)47(34)42)31-8-10-33(11-9-31)45-26-18-36-12-13-37-19-27-46(39-7-4-28-51-29-39)54-50(37)49(36)53-45/h1-30H. The van der Waals surface area contributed by atoms with Crippen molar-refractivity contribution in [2.45, 2.75) is 0 Å². The van der Waals surface area contributed by atoms with Gasteiger partial charge in [-0.1, -0.05) is 133 Å². The first-order valence-electron chi connectivity index (χ1n) is 18.2. The van der Waals surface area contributed by atoms with Crippen LogP contribution in [0.5, 0.6) is 0 Å². The molecule has 0 unspecified atom stereocenters. The van der Waals surface area contributed by atoms with Crippen LogP contribution in [0, 0.1) is 0 Å². The van der Waals surface area contributed by atoms with E-state index in [0.29, 0.717) is 0 Å². The van der Waals surface area contributed by atoms with Gasteiger partial charge in [-0.15, -0.1) is 0 Å². The van der Waals surface area contributed by atoms with Crippen LogP contribution in [-0.2, 0) is 0 Å². The average molecular weight is 687 g/mol. The van der Waals surface area contributed by atoms with Crippen molar-refractivity contribution in [3.8, 4) is 56.0 Å². The molecule has 0 amide bonds. The Morgan fingerprint density at radius 3 is 1.43 bits per heavy atom. The SMILES string of the molecule is c1ccc(-c2ccc(-c3ccc4ccc5c(-c6ccc(-c7ccc8ccc9ccc(-c%10cccnc%10)nc9c8n7)cc6)ccc6ccc3c4c65)cn2)cc1. The van der Waals surface area contributed by atoms with E-state index in [0.717, 1.165) is 61.1 Å². The van der Waals surface area contributed by atoms with Gasteiger partial charge in [0.05, 0.1) is 28.1 Å². The van der Waals surface area contributed by atoms with Gasteiger partial charge in [0, 0.05) is 51.6 Å². The first kappa shape index (κ1) is 30.3. The molecule has 0 fully saturated rings. The fraction of sp³-hybridized carbons (Fsp3) is 0. The summed E-state index contributed by atoms with van der Waals surface area (Å²) < 4.78 is 0. The van der Waals surface area contributed by atoms with Crippen molar-refractivity contribution < 1.29 is 0 Å². The molecule has 11 aromatic rings. The lowest BCUT2D eigenvalue weighted by Gasteiger charge is -2.16. The molecule has 54 heavy (non-hydrogen) atoms. The molecular formula is C50H30N4. The second-order valence-corrected chi connectivity index (χ2v) is 13.9. The van der Waals surface area contributed by atoms with E-state index in [1.54, 1.807) is 6.20 Å². The fourth-order valence-electron chi connectivity index (χ4n) is 8.06. The number of hydrogen-bond acceptors (Lipinski definition) is 4. The van der Waals surface area contributed by atoms with Gasteiger partial charge in [0.1, 0.15) is 0 Å². The molecule has 0 aliphatic carbocycles. The van der Waals surface area contributed by atoms with Gasteiger partial charge in [-0.2, -0.15) is 0 Å². The summed E-state index contributed by atoms with van der Waals surface area (Å²) in [7, 11) is 0. The van der Waals surface area contributed by atoms with E-state index in [1.807, 2.05) is 36.7 Å². The Morgan fingerprint density at radius 1 is 0.315 bits per heavy atom. The zero-order valence-electron chi connectivity index (χ0n) is 29.1. The number of hydrogen-bond donors (Lipinski definition) is 0. The molecule has 0 spiro atoms. The lowest BCUT2D eigenvalue weighted by molar-refractivity contribution is 1.30. The van der Waals surface area contributed by atoms with Crippen LogP contribution in [0.25, 0.3) is 110 Å². The topological polar surface area (TPSA) is 51.6 Å². The molecule has 0 radical (unpaired) electrons. The van der Waals surface area contributed by atoms with E-state index in [4.69, 9.17) is 15.0 Å². The highest BCUT2D eigenvalue weighted by Gasteiger charge is 2.16. The lowest BCUT2D eigenvalue weighted by Crippen LogP contribution is -1.92. The van der Waals surface area contributed by atoms with Crippen molar-refractivity contribution in [1.29, 1.82) is 0 Å². The molecule has 11 rings (SSSR count). The number of benzene rings is 7. The summed E-state index contributed by atoms with van der Waals surface area (Å²) in [6.07, 6.45) is 5.64. The number of fused-ring (bicyclic) bond motifs is 3. The van der Waals surface area contributed by atoms with Gasteiger partial charge in [-0.25, -0.2) is 9.97 Å². The highest BCUT2D eigenvalue weighted by molar-refractivity contribution is 6.27. The van der Waals surface area contributed by atoms with E-state index in [2.05, 4.69) is 145 Å². The Hall–Kier alpha value is -7.30. The summed E-state index contributed by atoms with van der Waals surface area (Å²) in [4.78, 5) is 19.4. The summed E-state index contributed by atoms with van der Waals surface area (Å²) in [5.41, 5.74) is 12.4. The number of aromatic nitrogens is 4. The third-order valence-electron chi connectivity index (χ3n) is 10.8. The molecule has 4 aromatic heterocycles. The van der Waals surface area contributed by atoms with Gasteiger partial charge >= 0.3 is 0 Å². The zero-order valence-corrected chi connectivity index (χ0v) is 29.1. The van der Waals surface area contributed by atoms with Gasteiger partial charge in [0.2, 0.25) is 0 Å². The summed E-state index contributed by atoms with van der Waals surface area (Å²) >= 11 is 0. The number of nitrogens with zero attached hydrogens (tertiary/aromatic N) is 4. The molecule has 250 valence electrons. The number of rotatable bonds is 5. The highest BCUT2D eigenvalue weighted by atomic mass is 14.8. The summed E-state index contributed by atoms with van der Waals surface area (Å²) in [5, 5.41) is 9.69. The van der Waals surface area contributed by atoms with Crippen LogP contribution in [0.4, 0.5) is 0 Å². The highest BCUT2D eigenvalue weighted by Crippen LogP contribution is 2.42. The van der Waals surface area contributed by atoms with Crippen molar-refractivity contribution in [3.63, 3.8) is 0 Å². The molecule has 0 bridgehead atoms. The molecule has 4 heterocycles. The predicted octanol–water partition coefficient (Wildman–Crippen LogP) is 12.8. The third kappa shape index (κ3) is 4.92. The molecule has 0 saturated heterocycles. The first-order valence-corrected chi connectivity index (χ1v) is 18.2. The predicted molar refractivity (Wildman–Crippen MR) is 224 cm³/mol. The normalized spacial score (nSPS) is 11.7. The molecule has 0 N–H and O–H groups in total. The van der Waals surface area contributed by atoms with Crippen LogP contribution < -0.4 is 0 Å². The smallest absolute Gasteiger partial charge is 0.0972 e. The Balaban J connectivity index is 0.981. The van der Waals surface area contributed by atoms with Crippen molar-refractivity contribution in [1.82, 2.24) is 19.9 Å². The minimum atomic E-state index is 0.888. The molecule has 0 aliphatic rings. The van der Waals surface area contributed by atoms with Gasteiger partial charge in [-0.05, 0) is 79.3 Å². The molecule has 4 heteroatoms. The molecule has 7 aromatic carbocycles. The largest absolute Gasteiger partial charge is 0.264 e. The van der Waals surface area contributed by atoms with Gasteiger partial charge < -0.3 is 0 Å². The maximum Gasteiger partial charge on any atom is 0.0972 e. The summed E-state index contributed by atoms with van der Waals surface area (Å²) in [6, 6.07) is 58.2. The van der Waals surface area contributed by atoms with Gasteiger partial charge in [-0.3, -0.25) is 9.97 Å². The quantitative estimate of drug-likeness (QED) is 0.169. The van der Waals surface area contributed by atoms with Crippen molar-refractivity contribution in [2.24, 2.45) is 0 Å². The van der Waals surface area contributed by atoms with Crippen molar-refractivity contribution in [2.75, 3.05) is 0 Å². The Bertz CT molecular complexity index is 3170. The Kier molecular flexibility index (Phi) is 6.82. The fourth-order valence-corrected chi connectivity index (χ4v) is 8.06. The van der Waals surface area contributed by atoms with E-state index in [1.165, 1.54) is 49.0 Å². The monoisotopic (exact) mass is 686 g/mol. The Morgan fingerprint density at radius 2 is 0.815 bits per heavy atom. The minimum absolute atomic E-state index is 0.888. The Labute approximate surface area is 311 Å². The third-order valence-corrected chi connectivity index (χ3v) is 10.8. The first-order chi connectivity index (χ1) is 26.7. The second-order valence-electron chi connectivity index (χ2n) is 13.9. The van der Waals surface area contributed by atoms with Crippen molar-refractivity contribution >= 4 is 54.1 Å². The lowest BCUT2D eigenvalue weighted by atomic mass is 9.87. The maximum atomic E-state index is 5.19. The average Bonchev–Trinajstić information content (AvgIpc) is 3.26. The van der Waals surface area contributed by atoms with E-state index in [-0.39, 0.29) is 0 Å². The minimum Gasteiger partial charge on any atom is -0.264 e. The molecule has 0 atom stereocenters. The second kappa shape index (κ2) is 12.1. The molecule has 0 saturated carbocycles. The molecule has 4 nitrogen and oxygen atoms in total. The molecular weight excluding hydrogens is 657 g/mol. The summed E-state index contributed by atoms with van der Waals surface area (Å²) in [6.45, 7) is 0.